The first kappa shape index (κ1) is 13.1. The van der Waals surface area contributed by atoms with Gasteiger partial charge in [0.2, 0.25) is 0 Å². The summed E-state index contributed by atoms with van der Waals surface area (Å²) in [5, 5.41) is 12.6. The lowest BCUT2D eigenvalue weighted by atomic mass is 9.83. The standard InChI is InChI=1S/C13H17ClN2O2/c1-13(5-3-2-4-6-13)16-11-10(14)7-9(8-15-11)12(17)18/h7-8H,2-6H2,1H3,(H,15,16)(H,17,18). The van der Waals surface area contributed by atoms with E-state index in [0.29, 0.717) is 10.8 Å². The predicted molar refractivity (Wildman–Crippen MR) is 71.3 cm³/mol. The molecule has 0 aliphatic heterocycles. The summed E-state index contributed by atoms with van der Waals surface area (Å²) in [6.45, 7) is 2.16. The molecule has 0 spiro atoms. The van der Waals surface area contributed by atoms with E-state index in [2.05, 4.69) is 17.2 Å². The monoisotopic (exact) mass is 268 g/mol. The fraction of sp³-hybridized carbons (Fsp3) is 0.538. The van der Waals surface area contributed by atoms with Crippen LogP contribution in [0.4, 0.5) is 5.82 Å². The van der Waals surface area contributed by atoms with Crippen molar-refractivity contribution < 1.29 is 9.90 Å². The number of carbonyl (C=O) groups is 1. The van der Waals surface area contributed by atoms with Crippen molar-refractivity contribution in [2.24, 2.45) is 0 Å². The van der Waals surface area contributed by atoms with Crippen molar-refractivity contribution in [3.05, 3.63) is 22.8 Å². The SMILES string of the molecule is CC1(Nc2ncc(C(=O)O)cc2Cl)CCCCC1. The average molecular weight is 269 g/mol. The number of aromatic carboxylic acids is 1. The van der Waals surface area contributed by atoms with Crippen LogP contribution >= 0.6 is 11.6 Å². The summed E-state index contributed by atoms with van der Waals surface area (Å²) in [5.74, 6) is -0.439. The molecular formula is C13H17ClN2O2. The van der Waals surface area contributed by atoms with Gasteiger partial charge in [-0.25, -0.2) is 9.78 Å². The second kappa shape index (κ2) is 5.14. The number of halogens is 1. The summed E-state index contributed by atoms with van der Waals surface area (Å²) in [4.78, 5) is 14.9. The number of anilines is 1. The molecule has 0 bridgehead atoms. The van der Waals surface area contributed by atoms with E-state index in [0.717, 1.165) is 12.8 Å². The zero-order valence-corrected chi connectivity index (χ0v) is 11.1. The van der Waals surface area contributed by atoms with Gasteiger partial charge in [-0.1, -0.05) is 30.9 Å². The third kappa shape index (κ3) is 2.93. The Morgan fingerprint density at radius 2 is 2.11 bits per heavy atom. The molecule has 1 aromatic rings. The van der Waals surface area contributed by atoms with Crippen molar-refractivity contribution in [3.63, 3.8) is 0 Å². The topological polar surface area (TPSA) is 62.2 Å². The van der Waals surface area contributed by atoms with E-state index in [1.165, 1.54) is 31.5 Å². The molecule has 0 radical (unpaired) electrons. The summed E-state index contributed by atoms with van der Waals surface area (Å²) in [6.07, 6.45) is 7.19. The van der Waals surface area contributed by atoms with Crippen molar-refractivity contribution in [2.75, 3.05) is 5.32 Å². The number of hydrogen-bond donors (Lipinski definition) is 2. The molecule has 1 aromatic heterocycles. The third-order valence-corrected chi connectivity index (χ3v) is 3.75. The molecule has 2 rings (SSSR count). The molecule has 0 amide bonds. The number of hydrogen-bond acceptors (Lipinski definition) is 3. The molecule has 0 atom stereocenters. The molecule has 98 valence electrons. The third-order valence-electron chi connectivity index (χ3n) is 3.47. The summed E-state index contributed by atoms with van der Waals surface area (Å²) in [7, 11) is 0. The Bertz CT molecular complexity index is 456. The number of nitrogens with one attached hydrogen (secondary N) is 1. The number of nitrogens with zero attached hydrogens (tertiary/aromatic N) is 1. The molecular weight excluding hydrogens is 252 g/mol. The highest BCUT2D eigenvalue weighted by Gasteiger charge is 2.27. The van der Waals surface area contributed by atoms with Crippen LogP contribution in [0.25, 0.3) is 0 Å². The normalized spacial score (nSPS) is 18.3. The van der Waals surface area contributed by atoms with Gasteiger partial charge >= 0.3 is 5.97 Å². The maximum absolute atomic E-state index is 10.8. The highest BCUT2D eigenvalue weighted by Crippen LogP contribution is 2.32. The maximum Gasteiger partial charge on any atom is 0.337 e. The molecule has 1 fully saturated rings. The van der Waals surface area contributed by atoms with Crippen molar-refractivity contribution in [3.8, 4) is 0 Å². The Morgan fingerprint density at radius 1 is 1.44 bits per heavy atom. The molecule has 0 saturated heterocycles. The second-order valence-corrected chi connectivity index (χ2v) is 5.51. The smallest absolute Gasteiger partial charge is 0.337 e. The fourth-order valence-corrected chi connectivity index (χ4v) is 2.60. The van der Waals surface area contributed by atoms with Gasteiger partial charge in [0.15, 0.2) is 0 Å². The number of aromatic nitrogens is 1. The van der Waals surface area contributed by atoms with Gasteiger partial charge in [0, 0.05) is 11.7 Å². The van der Waals surface area contributed by atoms with Crippen LogP contribution in [0, 0.1) is 0 Å². The molecule has 1 heterocycles. The number of carboxylic acids is 1. The van der Waals surface area contributed by atoms with Gasteiger partial charge in [-0.15, -0.1) is 0 Å². The van der Waals surface area contributed by atoms with E-state index in [4.69, 9.17) is 16.7 Å². The van der Waals surface area contributed by atoms with Crippen LogP contribution in [-0.2, 0) is 0 Å². The molecule has 0 unspecified atom stereocenters. The van der Waals surface area contributed by atoms with Crippen molar-refractivity contribution in [2.45, 2.75) is 44.6 Å². The van der Waals surface area contributed by atoms with E-state index in [-0.39, 0.29) is 11.1 Å². The van der Waals surface area contributed by atoms with E-state index >= 15 is 0 Å². The largest absolute Gasteiger partial charge is 0.478 e. The van der Waals surface area contributed by atoms with E-state index in [1.54, 1.807) is 0 Å². The molecule has 5 heteroatoms. The van der Waals surface area contributed by atoms with Gasteiger partial charge in [0.25, 0.3) is 0 Å². The first-order chi connectivity index (χ1) is 8.50. The fourth-order valence-electron chi connectivity index (χ4n) is 2.39. The maximum atomic E-state index is 10.8. The lowest BCUT2D eigenvalue weighted by Crippen LogP contribution is -2.37. The van der Waals surface area contributed by atoms with Gasteiger partial charge in [-0.05, 0) is 25.8 Å². The quantitative estimate of drug-likeness (QED) is 0.880. The molecule has 1 aliphatic rings. The minimum absolute atomic E-state index is 0.0135. The van der Waals surface area contributed by atoms with Crippen LogP contribution in [-0.4, -0.2) is 21.6 Å². The average Bonchev–Trinajstić information content (AvgIpc) is 2.32. The summed E-state index contributed by atoms with van der Waals surface area (Å²) < 4.78 is 0. The van der Waals surface area contributed by atoms with Crippen LogP contribution in [0.5, 0.6) is 0 Å². The Balaban J connectivity index is 2.16. The highest BCUT2D eigenvalue weighted by molar-refractivity contribution is 6.33. The molecule has 2 N–H and O–H groups in total. The molecule has 1 saturated carbocycles. The lowest BCUT2D eigenvalue weighted by Gasteiger charge is -2.35. The van der Waals surface area contributed by atoms with Crippen LogP contribution < -0.4 is 5.32 Å². The number of pyridine rings is 1. The minimum Gasteiger partial charge on any atom is -0.478 e. The minimum atomic E-state index is -1.01. The first-order valence-corrected chi connectivity index (χ1v) is 6.55. The molecule has 18 heavy (non-hydrogen) atoms. The predicted octanol–water partition coefficient (Wildman–Crippen LogP) is 3.57. The number of carboxylic acid groups (broad SMARTS) is 1. The van der Waals surface area contributed by atoms with Crippen molar-refractivity contribution >= 4 is 23.4 Å². The Hall–Kier alpha value is -1.29. The van der Waals surface area contributed by atoms with Crippen molar-refractivity contribution in [1.82, 2.24) is 4.98 Å². The zero-order valence-electron chi connectivity index (χ0n) is 10.4. The molecule has 0 aromatic carbocycles. The summed E-state index contributed by atoms with van der Waals surface area (Å²) in [5.41, 5.74) is 0.124. The molecule has 1 aliphatic carbocycles. The van der Waals surface area contributed by atoms with Gasteiger partial charge in [-0.2, -0.15) is 0 Å². The highest BCUT2D eigenvalue weighted by atomic mass is 35.5. The Morgan fingerprint density at radius 3 is 2.67 bits per heavy atom. The first-order valence-electron chi connectivity index (χ1n) is 6.17. The van der Waals surface area contributed by atoms with Crippen molar-refractivity contribution in [1.29, 1.82) is 0 Å². The van der Waals surface area contributed by atoms with Gasteiger partial charge in [0.1, 0.15) is 5.82 Å². The molecule has 4 nitrogen and oxygen atoms in total. The second-order valence-electron chi connectivity index (χ2n) is 5.11. The van der Waals surface area contributed by atoms with E-state index in [9.17, 15) is 4.79 Å². The van der Waals surface area contributed by atoms with Gasteiger partial charge < -0.3 is 10.4 Å². The lowest BCUT2D eigenvalue weighted by molar-refractivity contribution is 0.0696. The summed E-state index contributed by atoms with van der Waals surface area (Å²) >= 11 is 6.07. The van der Waals surface area contributed by atoms with Gasteiger partial charge in [-0.3, -0.25) is 0 Å². The Kier molecular flexibility index (Phi) is 3.76. The van der Waals surface area contributed by atoms with E-state index in [1.807, 2.05) is 0 Å². The Labute approximate surface area is 111 Å². The van der Waals surface area contributed by atoms with Crippen LogP contribution in [0.1, 0.15) is 49.4 Å². The van der Waals surface area contributed by atoms with Gasteiger partial charge in [0.05, 0.1) is 10.6 Å². The van der Waals surface area contributed by atoms with Crippen LogP contribution in [0.15, 0.2) is 12.3 Å². The zero-order chi connectivity index (χ0) is 13.2. The number of rotatable bonds is 3. The summed E-state index contributed by atoms with van der Waals surface area (Å²) in [6, 6.07) is 1.44. The van der Waals surface area contributed by atoms with E-state index < -0.39 is 5.97 Å². The van der Waals surface area contributed by atoms with Crippen LogP contribution in [0.3, 0.4) is 0 Å². The van der Waals surface area contributed by atoms with Crippen LogP contribution in [0.2, 0.25) is 5.02 Å².